The number of amides is 1. The molecule has 0 bridgehead atoms. The molecule has 1 unspecified atom stereocenters. The SMILES string of the molecule is COc1ccc(C(NC(=O)CSCc2nc3ccccc3s2)C(C)C)cc1. The van der Waals surface area contributed by atoms with Crippen LogP contribution in [0.3, 0.4) is 0 Å². The average Bonchev–Trinajstić information content (AvgIpc) is 3.09. The molecule has 0 radical (unpaired) electrons. The highest BCUT2D eigenvalue weighted by Gasteiger charge is 2.18. The van der Waals surface area contributed by atoms with Crippen LogP contribution < -0.4 is 10.1 Å². The Balaban J connectivity index is 1.54. The number of carbonyl (C=O) groups excluding carboxylic acids is 1. The maximum absolute atomic E-state index is 12.4. The van der Waals surface area contributed by atoms with Crippen molar-refractivity contribution in [3.63, 3.8) is 0 Å². The van der Waals surface area contributed by atoms with E-state index in [0.29, 0.717) is 11.7 Å². The predicted octanol–water partition coefficient (Wildman–Crippen LogP) is 5.05. The zero-order valence-electron chi connectivity index (χ0n) is 15.8. The summed E-state index contributed by atoms with van der Waals surface area (Å²) >= 11 is 3.29. The van der Waals surface area contributed by atoms with Crippen molar-refractivity contribution in [1.82, 2.24) is 10.3 Å². The highest BCUT2D eigenvalue weighted by molar-refractivity contribution is 7.99. The Bertz CT molecular complexity index is 858. The number of ether oxygens (including phenoxy) is 1. The molecule has 1 heterocycles. The summed E-state index contributed by atoms with van der Waals surface area (Å²) in [6, 6.07) is 16.0. The quantitative estimate of drug-likeness (QED) is 0.575. The number of hydrogen-bond acceptors (Lipinski definition) is 5. The van der Waals surface area contributed by atoms with Gasteiger partial charge < -0.3 is 10.1 Å². The first kappa shape index (κ1) is 19.7. The van der Waals surface area contributed by atoms with Crippen LogP contribution in [-0.2, 0) is 10.5 Å². The third-order valence-corrected chi connectivity index (χ3v) is 6.42. The first-order chi connectivity index (χ1) is 13.1. The van der Waals surface area contributed by atoms with Gasteiger partial charge in [-0.2, -0.15) is 0 Å². The van der Waals surface area contributed by atoms with Crippen molar-refractivity contribution in [2.24, 2.45) is 5.92 Å². The van der Waals surface area contributed by atoms with Crippen molar-refractivity contribution in [2.45, 2.75) is 25.6 Å². The lowest BCUT2D eigenvalue weighted by atomic mass is 9.96. The first-order valence-electron chi connectivity index (χ1n) is 8.92. The van der Waals surface area contributed by atoms with Gasteiger partial charge in [0.2, 0.25) is 5.91 Å². The number of nitrogens with one attached hydrogen (secondary N) is 1. The molecular weight excluding hydrogens is 376 g/mol. The number of thioether (sulfide) groups is 1. The second-order valence-corrected chi connectivity index (χ2v) is 8.73. The molecule has 0 spiro atoms. The van der Waals surface area contributed by atoms with Crippen LogP contribution in [-0.4, -0.2) is 23.8 Å². The van der Waals surface area contributed by atoms with Crippen molar-refractivity contribution in [2.75, 3.05) is 12.9 Å². The molecule has 0 aliphatic heterocycles. The summed E-state index contributed by atoms with van der Waals surface area (Å²) in [5.41, 5.74) is 2.12. The van der Waals surface area contributed by atoms with Gasteiger partial charge in [0.25, 0.3) is 0 Å². The largest absolute Gasteiger partial charge is 0.497 e. The molecule has 1 N–H and O–H groups in total. The lowest BCUT2D eigenvalue weighted by molar-refractivity contribution is -0.119. The number of fused-ring (bicyclic) bond motifs is 1. The van der Waals surface area contributed by atoms with Gasteiger partial charge in [0, 0.05) is 5.75 Å². The number of nitrogens with zero attached hydrogens (tertiary/aromatic N) is 1. The predicted molar refractivity (Wildman–Crippen MR) is 114 cm³/mol. The molecule has 4 nitrogen and oxygen atoms in total. The van der Waals surface area contributed by atoms with Gasteiger partial charge in [0.15, 0.2) is 0 Å². The Hall–Kier alpha value is -2.05. The molecule has 2 aromatic carbocycles. The van der Waals surface area contributed by atoms with E-state index in [0.717, 1.165) is 27.6 Å². The normalized spacial score (nSPS) is 12.3. The molecule has 0 aliphatic rings. The highest BCUT2D eigenvalue weighted by Crippen LogP contribution is 2.26. The highest BCUT2D eigenvalue weighted by atomic mass is 32.2. The topological polar surface area (TPSA) is 51.2 Å². The lowest BCUT2D eigenvalue weighted by Crippen LogP contribution is -2.33. The summed E-state index contributed by atoms with van der Waals surface area (Å²) in [7, 11) is 1.65. The Morgan fingerprint density at radius 2 is 1.93 bits per heavy atom. The number of hydrogen-bond donors (Lipinski definition) is 1. The second kappa shape index (κ2) is 9.24. The van der Waals surface area contributed by atoms with E-state index < -0.39 is 0 Å². The summed E-state index contributed by atoms with van der Waals surface area (Å²) < 4.78 is 6.40. The Morgan fingerprint density at radius 1 is 1.19 bits per heavy atom. The van der Waals surface area contributed by atoms with E-state index in [1.54, 1.807) is 30.2 Å². The smallest absolute Gasteiger partial charge is 0.230 e. The summed E-state index contributed by atoms with van der Waals surface area (Å²) in [6.07, 6.45) is 0. The standard InChI is InChI=1S/C21H24N2O2S2/c1-14(2)21(15-8-10-16(25-3)11-9-15)23-19(24)12-26-13-20-22-17-6-4-5-7-18(17)27-20/h4-11,14,21H,12-13H2,1-3H3,(H,23,24). The number of benzene rings is 2. The third kappa shape index (κ3) is 5.23. The van der Waals surface area contributed by atoms with Gasteiger partial charge in [-0.3, -0.25) is 4.79 Å². The van der Waals surface area contributed by atoms with Crippen LogP contribution in [0.15, 0.2) is 48.5 Å². The molecule has 1 amide bonds. The van der Waals surface area contributed by atoms with Crippen molar-refractivity contribution in [1.29, 1.82) is 0 Å². The Labute approximate surface area is 168 Å². The van der Waals surface area contributed by atoms with Crippen LogP contribution >= 0.6 is 23.1 Å². The summed E-state index contributed by atoms with van der Waals surface area (Å²) in [6.45, 7) is 4.23. The number of methoxy groups -OCH3 is 1. The van der Waals surface area contributed by atoms with Crippen LogP contribution in [0.2, 0.25) is 0 Å². The van der Waals surface area contributed by atoms with Crippen molar-refractivity contribution in [3.05, 3.63) is 59.1 Å². The van der Waals surface area contributed by atoms with Gasteiger partial charge >= 0.3 is 0 Å². The number of aromatic nitrogens is 1. The van der Waals surface area contributed by atoms with Crippen LogP contribution in [0.25, 0.3) is 10.2 Å². The molecule has 0 fully saturated rings. The van der Waals surface area contributed by atoms with Crippen LogP contribution in [0, 0.1) is 5.92 Å². The lowest BCUT2D eigenvalue weighted by Gasteiger charge is -2.23. The minimum atomic E-state index is -0.00791. The van der Waals surface area contributed by atoms with Gasteiger partial charge in [-0.15, -0.1) is 23.1 Å². The molecule has 1 atom stereocenters. The Kier molecular flexibility index (Phi) is 6.74. The van der Waals surface area contributed by atoms with Crippen molar-refractivity contribution in [3.8, 4) is 5.75 Å². The zero-order valence-corrected chi connectivity index (χ0v) is 17.4. The van der Waals surface area contributed by atoms with E-state index in [2.05, 4.69) is 30.2 Å². The second-order valence-electron chi connectivity index (χ2n) is 6.63. The Morgan fingerprint density at radius 3 is 2.59 bits per heavy atom. The van der Waals surface area contributed by atoms with Gasteiger partial charge in [-0.05, 0) is 35.7 Å². The third-order valence-electron chi connectivity index (χ3n) is 4.25. The van der Waals surface area contributed by atoms with Crippen LogP contribution in [0.5, 0.6) is 5.75 Å². The fraction of sp³-hybridized carbons (Fsp3) is 0.333. The van der Waals surface area contributed by atoms with Crippen molar-refractivity contribution >= 4 is 39.2 Å². The number of thiazole rings is 1. The molecule has 0 saturated heterocycles. The maximum atomic E-state index is 12.4. The number of rotatable bonds is 8. The molecule has 3 aromatic rings. The van der Waals surface area contributed by atoms with E-state index in [-0.39, 0.29) is 11.9 Å². The molecule has 6 heteroatoms. The van der Waals surface area contributed by atoms with E-state index in [9.17, 15) is 4.79 Å². The molecule has 1 aromatic heterocycles. The monoisotopic (exact) mass is 400 g/mol. The first-order valence-corrected chi connectivity index (χ1v) is 10.9. The average molecular weight is 401 g/mol. The van der Waals surface area contributed by atoms with E-state index >= 15 is 0 Å². The van der Waals surface area contributed by atoms with Gasteiger partial charge in [-0.1, -0.05) is 38.1 Å². The van der Waals surface area contributed by atoms with Crippen molar-refractivity contribution < 1.29 is 9.53 Å². The summed E-state index contributed by atoms with van der Waals surface area (Å²) in [5.74, 6) is 2.35. The minimum Gasteiger partial charge on any atom is -0.497 e. The summed E-state index contributed by atoms with van der Waals surface area (Å²) in [4.78, 5) is 17.1. The molecule has 27 heavy (non-hydrogen) atoms. The number of carbonyl (C=O) groups is 1. The molecular formula is C21H24N2O2S2. The van der Waals surface area contributed by atoms with Crippen LogP contribution in [0.1, 0.15) is 30.5 Å². The maximum Gasteiger partial charge on any atom is 0.230 e. The van der Waals surface area contributed by atoms with E-state index in [4.69, 9.17) is 4.74 Å². The fourth-order valence-corrected chi connectivity index (χ4v) is 4.73. The van der Waals surface area contributed by atoms with Gasteiger partial charge in [-0.25, -0.2) is 4.98 Å². The van der Waals surface area contributed by atoms with E-state index in [1.807, 2.05) is 42.5 Å². The molecule has 142 valence electrons. The fourth-order valence-electron chi connectivity index (χ4n) is 2.87. The molecule has 0 saturated carbocycles. The number of para-hydroxylation sites is 1. The van der Waals surface area contributed by atoms with Crippen LogP contribution in [0.4, 0.5) is 0 Å². The van der Waals surface area contributed by atoms with E-state index in [1.165, 1.54) is 4.70 Å². The van der Waals surface area contributed by atoms with Gasteiger partial charge in [0.1, 0.15) is 10.8 Å². The molecule has 0 aliphatic carbocycles. The zero-order chi connectivity index (χ0) is 19.2. The minimum absolute atomic E-state index is 0.00791. The van der Waals surface area contributed by atoms with Gasteiger partial charge in [0.05, 0.1) is 29.1 Å². The summed E-state index contributed by atoms with van der Waals surface area (Å²) in [5, 5.41) is 4.23. The molecule has 3 rings (SSSR count).